The minimum atomic E-state index is 0. The lowest BCUT2D eigenvalue weighted by molar-refractivity contribution is 0.894. The van der Waals surface area contributed by atoms with E-state index in [-0.39, 0.29) is 12.4 Å². The number of rotatable bonds is 2. The van der Waals surface area contributed by atoms with Gasteiger partial charge in [-0.25, -0.2) is 4.68 Å². The summed E-state index contributed by atoms with van der Waals surface area (Å²) in [5, 5.41) is 6.04. The van der Waals surface area contributed by atoms with Crippen LogP contribution in [-0.2, 0) is 0 Å². The van der Waals surface area contributed by atoms with Crippen LogP contribution in [0, 0.1) is 0 Å². The van der Waals surface area contributed by atoms with E-state index in [9.17, 15) is 0 Å². The van der Waals surface area contributed by atoms with Gasteiger partial charge in [0.15, 0.2) is 0 Å². The van der Waals surface area contributed by atoms with Crippen LogP contribution < -0.4 is 5.73 Å². The van der Waals surface area contributed by atoms with Gasteiger partial charge in [-0.1, -0.05) is 46.9 Å². The summed E-state index contributed by atoms with van der Waals surface area (Å²) in [6, 6.07) is 14.4. The first kappa shape index (κ1) is 17.0. The molecule has 0 saturated heterocycles. The second kappa shape index (κ2) is 6.80. The number of hydrogen-bond acceptors (Lipinski definition) is 2. The Labute approximate surface area is 149 Å². The van der Waals surface area contributed by atoms with Gasteiger partial charge in [-0.15, -0.1) is 12.4 Å². The number of nitrogens with two attached hydrogens (primary N) is 1. The predicted molar refractivity (Wildman–Crippen MR) is 95.7 cm³/mol. The summed E-state index contributed by atoms with van der Waals surface area (Å²) >= 11 is 18.1. The third kappa shape index (κ3) is 3.33. The molecule has 1 heterocycles. The molecule has 0 saturated carbocycles. The molecule has 22 heavy (non-hydrogen) atoms. The lowest BCUT2D eigenvalue weighted by atomic mass is 10.1. The Balaban J connectivity index is 0.00000176. The van der Waals surface area contributed by atoms with Crippen molar-refractivity contribution in [3.8, 4) is 16.9 Å². The van der Waals surface area contributed by atoms with Crippen molar-refractivity contribution in [3.05, 3.63) is 63.6 Å². The number of halogens is 4. The second-order valence-corrected chi connectivity index (χ2v) is 5.75. The van der Waals surface area contributed by atoms with Gasteiger partial charge in [0.2, 0.25) is 0 Å². The minimum absolute atomic E-state index is 0. The molecule has 0 atom stereocenters. The topological polar surface area (TPSA) is 43.8 Å². The lowest BCUT2D eigenvalue weighted by Crippen LogP contribution is -2.00. The fraction of sp³-hybridized carbons (Fsp3) is 0. The van der Waals surface area contributed by atoms with Gasteiger partial charge in [-0.3, -0.25) is 0 Å². The van der Waals surface area contributed by atoms with E-state index >= 15 is 0 Å². The van der Waals surface area contributed by atoms with Gasteiger partial charge in [-0.05, 0) is 30.3 Å². The highest BCUT2D eigenvalue weighted by Gasteiger charge is 2.13. The minimum Gasteiger partial charge on any atom is -0.382 e. The summed E-state index contributed by atoms with van der Waals surface area (Å²) in [6.07, 6.45) is 0. The van der Waals surface area contributed by atoms with Gasteiger partial charge in [0, 0.05) is 21.7 Å². The maximum absolute atomic E-state index is 6.25. The third-order valence-corrected chi connectivity index (χ3v) is 3.80. The van der Waals surface area contributed by atoms with Crippen molar-refractivity contribution in [1.29, 1.82) is 0 Å². The molecule has 3 rings (SSSR count). The summed E-state index contributed by atoms with van der Waals surface area (Å²) in [5.74, 6) is 0.408. The molecule has 0 fully saturated rings. The van der Waals surface area contributed by atoms with Crippen LogP contribution in [0.1, 0.15) is 0 Å². The molecule has 0 aliphatic rings. The summed E-state index contributed by atoms with van der Waals surface area (Å²) < 4.78 is 1.69. The predicted octanol–water partition coefficient (Wildman–Crippen LogP) is 5.50. The summed E-state index contributed by atoms with van der Waals surface area (Å²) in [7, 11) is 0. The van der Waals surface area contributed by atoms with E-state index in [0.29, 0.717) is 26.6 Å². The summed E-state index contributed by atoms with van der Waals surface area (Å²) in [4.78, 5) is 0. The second-order valence-electron chi connectivity index (χ2n) is 4.47. The van der Waals surface area contributed by atoms with Crippen LogP contribution in [0.15, 0.2) is 48.5 Å². The first-order chi connectivity index (χ1) is 10.0. The molecule has 0 radical (unpaired) electrons. The molecule has 0 aliphatic carbocycles. The number of anilines is 1. The molecule has 0 amide bonds. The van der Waals surface area contributed by atoms with E-state index < -0.39 is 0 Å². The molecule has 0 bridgehead atoms. The maximum Gasteiger partial charge on any atom is 0.146 e. The number of nitrogen functional groups attached to an aromatic ring is 1. The highest BCUT2D eigenvalue weighted by Crippen LogP contribution is 2.30. The van der Waals surface area contributed by atoms with E-state index in [1.165, 1.54) is 0 Å². The molecule has 0 spiro atoms. The zero-order valence-corrected chi connectivity index (χ0v) is 14.2. The quantitative estimate of drug-likeness (QED) is 0.643. The molecular formula is C15H11Cl4N3. The Bertz CT molecular complexity index is 797. The number of benzene rings is 2. The largest absolute Gasteiger partial charge is 0.382 e. The smallest absolute Gasteiger partial charge is 0.146 e. The number of hydrogen-bond donors (Lipinski definition) is 1. The van der Waals surface area contributed by atoms with Gasteiger partial charge in [0.1, 0.15) is 5.82 Å². The van der Waals surface area contributed by atoms with Crippen molar-refractivity contribution >= 4 is 53.0 Å². The van der Waals surface area contributed by atoms with E-state index in [1.54, 1.807) is 28.9 Å². The molecule has 1 aromatic heterocycles. The lowest BCUT2D eigenvalue weighted by Gasteiger charge is -2.09. The summed E-state index contributed by atoms with van der Waals surface area (Å²) in [5.41, 5.74) is 8.31. The Hall–Kier alpha value is -1.39. The van der Waals surface area contributed by atoms with Crippen LogP contribution in [0.2, 0.25) is 15.1 Å². The Morgan fingerprint density at radius 3 is 2.14 bits per heavy atom. The average molecular weight is 375 g/mol. The molecule has 7 heteroatoms. The van der Waals surface area contributed by atoms with Crippen molar-refractivity contribution in [2.75, 3.05) is 5.73 Å². The van der Waals surface area contributed by atoms with Crippen LogP contribution in [-0.4, -0.2) is 9.78 Å². The molecular weight excluding hydrogens is 364 g/mol. The highest BCUT2D eigenvalue weighted by molar-refractivity contribution is 6.35. The van der Waals surface area contributed by atoms with Crippen LogP contribution >= 0.6 is 47.2 Å². The van der Waals surface area contributed by atoms with Crippen molar-refractivity contribution in [2.24, 2.45) is 0 Å². The van der Waals surface area contributed by atoms with E-state index in [1.807, 2.05) is 24.3 Å². The third-order valence-electron chi connectivity index (χ3n) is 3.01. The van der Waals surface area contributed by atoms with Crippen LogP contribution in [0.25, 0.3) is 16.9 Å². The Kier molecular flexibility index (Phi) is 5.24. The molecule has 2 aromatic carbocycles. The fourth-order valence-electron chi connectivity index (χ4n) is 2.06. The van der Waals surface area contributed by atoms with Crippen molar-refractivity contribution < 1.29 is 0 Å². The van der Waals surface area contributed by atoms with Crippen molar-refractivity contribution in [2.45, 2.75) is 0 Å². The van der Waals surface area contributed by atoms with Crippen molar-refractivity contribution in [3.63, 3.8) is 0 Å². The Morgan fingerprint density at radius 2 is 1.50 bits per heavy atom. The molecule has 114 valence electrons. The van der Waals surface area contributed by atoms with Gasteiger partial charge in [0.25, 0.3) is 0 Å². The molecule has 2 N–H and O–H groups in total. The first-order valence-corrected chi connectivity index (χ1v) is 7.25. The average Bonchev–Trinajstić information content (AvgIpc) is 2.81. The zero-order valence-electron chi connectivity index (χ0n) is 11.1. The molecule has 0 aliphatic heterocycles. The standard InChI is InChI=1S/C15H10Cl3N3.ClH/c16-10-3-1-9(2-4-10)14-8-15(19)20-21(14)13-6-5-11(17)7-12(13)18;/h1-8H,(H2,19,20);1H. The molecule has 3 nitrogen and oxygen atoms in total. The van der Waals surface area contributed by atoms with Gasteiger partial charge < -0.3 is 5.73 Å². The Morgan fingerprint density at radius 1 is 0.864 bits per heavy atom. The molecule has 3 aromatic rings. The van der Waals surface area contributed by atoms with Gasteiger partial charge in [0.05, 0.1) is 16.4 Å². The van der Waals surface area contributed by atoms with E-state index in [2.05, 4.69) is 5.10 Å². The van der Waals surface area contributed by atoms with Crippen LogP contribution in [0.4, 0.5) is 5.82 Å². The fourth-order valence-corrected chi connectivity index (χ4v) is 2.68. The zero-order chi connectivity index (χ0) is 15.0. The maximum atomic E-state index is 6.25. The van der Waals surface area contributed by atoms with Gasteiger partial charge in [-0.2, -0.15) is 5.10 Å². The van der Waals surface area contributed by atoms with E-state index in [4.69, 9.17) is 40.5 Å². The van der Waals surface area contributed by atoms with Crippen molar-refractivity contribution in [1.82, 2.24) is 9.78 Å². The van der Waals surface area contributed by atoms with E-state index in [0.717, 1.165) is 11.3 Å². The number of aromatic nitrogens is 2. The van der Waals surface area contributed by atoms with Gasteiger partial charge >= 0.3 is 0 Å². The normalized spacial score (nSPS) is 10.3. The summed E-state index contributed by atoms with van der Waals surface area (Å²) in [6.45, 7) is 0. The highest BCUT2D eigenvalue weighted by atomic mass is 35.5. The first-order valence-electron chi connectivity index (χ1n) is 6.11. The van der Waals surface area contributed by atoms with Crippen LogP contribution in [0.3, 0.4) is 0 Å². The molecule has 0 unspecified atom stereocenters. The number of nitrogens with zero attached hydrogens (tertiary/aromatic N) is 2. The SMILES string of the molecule is Cl.Nc1cc(-c2ccc(Cl)cc2)n(-c2ccc(Cl)cc2Cl)n1. The van der Waals surface area contributed by atoms with Crippen LogP contribution in [0.5, 0.6) is 0 Å². The monoisotopic (exact) mass is 373 g/mol.